The van der Waals surface area contributed by atoms with Gasteiger partial charge in [-0.3, -0.25) is 9.59 Å². The molecule has 0 aliphatic rings. The average molecular weight is 459 g/mol. The number of para-hydroxylation sites is 1. The van der Waals surface area contributed by atoms with Crippen molar-refractivity contribution in [1.82, 2.24) is 10.2 Å². The SMILES string of the molecule is CCC(C(=O)NC(C)C)N(Cc1ccc(Cl)cc1)C(=O)COc1ccccc1C(C)(C)C. The highest BCUT2D eigenvalue weighted by Crippen LogP contribution is 2.31. The van der Waals surface area contributed by atoms with Crippen molar-refractivity contribution in [2.75, 3.05) is 6.61 Å². The Kier molecular flexibility index (Phi) is 9.14. The predicted molar refractivity (Wildman–Crippen MR) is 130 cm³/mol. The summed E-state index contributed by atoms with van der Waals surface area (Å²) in [5, 5.41) is 3.56. The molecule has 2 rings (SSSR count). The van der Waals surface area contributed by atoms with Crippen LogP contribution < -0.4 is 10.1 Å². The van der Waals surface area contributed by atoms with Crippen LogP contribution in [0.1, 0.15) is 59.1 Å². The average Bonchev–Trinajstić information content (AvgIpc) is 2.72. The van der Waals surface area contributed by atoms with E-state index in [1.807, 2.05) is 57.2 Å². The van der Waals surface area contributed by atoms with Crippen molar-refractivity contribution in [3.8, 4) is 5.75 Å². The van der Waals surface area contributed by atoms with Gasteiger partial charge in [-0.2, -0.15) is 0 Å². The lowest BCUT2D eigenvalue weighted by Crippen LogP contribution is -2.51. The molecule has 0 radical (unpaired) electrons. The van der Waals surface area contributed by atoms with Crippen molar-refractivity contribution in [3.63, 3.8) is 0 Å². The molecule has 1 unspecified atom stereocenters. The first-order chi connectivity index (χ1) is 15.0. The van der Waals surface area contributed by atoms with Crippen LogP contribution in [-0.4, -0.2) is 35.4 Å². The molecule has 2 amide bonds. The number of hydrogen-bond donors (Lipinski definition) is 1. The lowest BCUT2D eigenvalue weighted by Gasteiger charge is -2.31. The zero-order valence-corrected chi connectivity index (χ0v) is 20.7. The zero-order valence-electron chi connectivity index (χ0n) is 19.9. The first-order valence-corrected chi connectivity index (χ1v) is 11.5. The number of hydrogen-bond acceptors (Lipinski definition) is 3. The number of nitrogens with zero attached hydrogens (tertiary/aromatic N) is 1. The first kappa shape index (κ1) is 25.7. The Morgan fingerprint density at radius 1 is 1.06 bits per heavy atom. The molecule has 174 valence electrons. The topological polar surface area (TPSA) is 58.6 Å². The summed E-state index contributed by atoms with van der Waals surface area (Å²) in [5.41, 5.74) is 1.81. The van der Waals surface area contributed by atoms with Gasteiger partial charge in [-0.25, -0.2) is 0 Å². The minimum Gasteiger partial charge on any atom is -0.483 e. The smallest absolute Gasteiger partial charge is 0.261 e. The van der Waals surface area contributed by atoms with E-state index in [-0.39, 0.29) is 29.9 Å². The predicted octanol–water partition coefficient (Wildman–Crippen LogP) is 5.35. The van der Waals surface area contributed by atoms with Crippen molar-refractivity contribution in [1.29, 1.82) is 0 Å². The van der Waals surface area contributed by atoms with Crippen LogP contribution >= 0.6 is 11.6 Å². The molecule has 5 nitrogen and oxygen atoms in total. The molecule has 6 heteroatoms. The van der Waals surface area contributed by atoms with Crippen molar-refractivity contribution < 1.29 is 14.3 Å². The molecule has 2 aromatic rings. The monoisotopic (exact) mass is 458 g/mol. The Bertz CT molecular complexity index is 904. The minimum atomic E-state index is -0.595. The molecule has 1 N–H and O–H groups in total. The number of ether oxygens (including phenoxy) is 1. The van der Waals surface area contributed by atoms with E-state index in [0.717, 1.165) is 11.1 Å². The van der Waals surface area contributed by atoms with Gasteiger partial charge in [0, 0.05) is 17.6 Å². The van der Waals surface area contributed by atoms with Gasteiger partial charge in [0.1, 0.15) is 11.8 Å². The van der Waals surface area contributed by atoms with Crippen molar-refractivity contribution >= 4 is 23.4 Å². The molecule has 0 bridgehead atoms. The van der Waals surface area contributed by atoms with E-state index in [1.165, 1.54) is 0 Å². The van der Waals surface area contributed by atoms with Crippen LogP contribution in [0, 0.1) is 0 Å². The molecule has 0 spiro atoms. The van der Waals surface area contributed by atoms with Crippen LogP contribution in [0.3, 0.4) is 0 Å². The third-order valence-corrected chi connectivity index (χ3v) is 5.38. The number of amides is 2. The summed E-state index contributed by atoms with van der Waals surface area (Å²) in [6, 6.07) is 14.4. The van der Waals surface area contributed by atoms with Crippen molar-refractivity contribution in [2.24, 2.45) is 0 Å². The van der Waals surface area contributed by atoms with E-state index in [0.29, 0.717) is 23.7 Å². The van der Waals surface area contributed by atoms with Gasteiger partial charge in [-0.1, -0.05) is 69.6 Å². The summed E-state index contributed by atoms with van der Waals surface area (Å²) in [6.45, 7) is 12.2. The second-order valence-electron chi connectivity index (χ2n) is 9.27. The van der Waals surface area contributed by atoms with Crippen LogP contribution in [0.15, 0.2) is 48.5 Å². The van der Waals surface area contributed by atoms with Gasteiger partial charge in [0.25, 0.3) is 5.91 Å². The molecular weight excluding hydrogens is 424 g/mol. The normalized spacial score (nSPS) is 12.4. The fraction of sp³-hybridized carbons (Fsp3) is 0.462. The first-order valence-electron chi connectivity index (χ1n) is 11.1. The Labute approximate surface area is 197 Å². The molecule has 0 saturated heterocycles. The maximum atomic E-state index is 13.3. The van der Waals surface area contributed by atoms with Crippen LogP contribution in [-0.2, 0) is 21.5 Å². The van der Waals surface area contributed by atoms with Gasteiger partial charge in [0.15, 0.2) is 6.61 Å². The highest BCUT2D eigenvalue weighted by atomic mass is 35.5. The largest absolute Gasteiger partial charge is 0.483 e. The van der Waals surface area contributed by atoms with E-state index in [9.17, 15) is 9.59 Å². The summed E-state index contributed by atoms with van der Waals surface area (Å²) in [5.74, 6) is 0.272. The van der Waals surface area contributed by atoms with Gasteiger partial charge in [0.05, 0.1) is 0 Å². The molecule has 32 heavy (non-hydrogen) atoms. The lowest BCUT2D eigenvalue weighted by molar-refractivity contribution is -0.143. The minimum absolute atomic E-state index is 0.0149. The number of rotatable bonds is 9. The van der Waals surface area contributed by atoms with E-state index in [2.05, 4.69) is 26.1 Å². The quantitative estimate of drug-likeness (QED) is 0.551. The highest BCUT2D eigenvalue weighted by molar-refractivity contribution is 6.30. The second-order valence-corrected chi connectivity index (χ2v) is 9.71. The Morgan fingerprint density at radius 2 is 1.69 bits per heavy atom. The third-order valence-electron chi connectivity index (χ3n) is 5.13. The van der Waals surface area contributed by atoms with E-state index in [4.69, 9.17) is 16.3 Å². The highest BCUT2D eigenvalue weighted by Gasteiger charge is 2.29. The van der Waals surface area contributed by atoms with Gasteiger partial charge in [-0.05, 0) is 55.0 Å². The van der Waals surface area contributed by atoms with E-state index in [1.54, 1.807) is 17.0 Å². The Hall–Kier alpha value is -2.53. The molecule has 0 heterocycles. The number of nitrogens with one attached hydrogen (secondary N) is 1. The van der Waals surface area contributed by atoms with Gasteiger partial charge in [-0.15, -0.1) is 0 Å². The van der Waals surface area contributed by atoms with Crippen LogP contribution in [0.2, 0.25) is 5.02 Å². The maximum Gasteiger partial charge on any atom is 0.261 e. The zero-order chi connectivity index (χ0) is 23.9. The van der Waals surface area contributed by atoms with Gasteiger partial charge < -0.3 is 15.0 Å². The molecule has 1 atom stereocenters. The van der Waals surface area contributed by atoms with Crippen LogP contribution in [0.5, 0.6) is 5.75 Å². The lowest BCUT2D eigenvalue weighted by atomic mass is 9.86. The molecule has 0 aliphatic heterocycles. The van der Waals surface area contributed by atoms with Crippen molar-refractivity contribution in [2.45, 2.75) is 72.0 Å². The molecule has 0 aromatic heterocycles. The molecule has 0 fully saturated rings. The molecular formula is C26H35ClN2O3. The fourth-order valence-electron chi connectivity index (χ4n) is 3.52. The number of carbonyl (C=O) groups excluding carboxylic acids is 2. The van der Waals surface area contributed by atoms with Gasteiger partial charge >= 0.3 is 0 Å². The van der Waals surface area contributed by atoms with Crippen LogP contribution in [0.25, 0.3) is 0 Å². The van der Waals surface area contributed by atoms with E-state index >= 15 is 0 Å². The summed E-state index contributed by atoms with van der Waals surface area (Å²) in [6.07, 6.45) is 0.496. The summed E-state index contributed by atoms with van der Waals surface area (Å²) >= 11 is 6.01. The Balaban J connectivity index is 2.27. The van der Waals surface area contributed by atoms with E-state index < -0.39 is 6.04 Å². The molecule has 2 aromatic carbocycles. The van der Waals surface area contributed by atoms with Gasteiger partial charge in [0.2, 0.25) is 5.91 Å². The number of benzene rings is 2. The summed E-state index contributed by atoms with van der Waals surface area (Å²) in [4.78, 5) is 27.8. The maximum absolute atomic E-state index is 13.3. The standard InChI is InChI=1S/C26H35ClN2O3/c1-7-22(25(31)28-18(2)3)29(16-19-12-14-20(27)15-13-19)24(30)17-32-23-11-9-8-10-21(23)26(4,5)6/h8-15,18,22H,7,16-17H2,1-6H3,(H,28,31). The number of halogens is 1. The third kappa shape index (κ3) is 7.27. The Morgan fingerprint density at radius 3 is 2.25 bits per heavy atom. The van der Waals surface area contributed by atoms with Crippen LogP contribution in [0.4, 0.5) is 0 Å². The molecule has 0 aliphatic carbocycles. The summed E-state index contributed by atoms with van der Waals surface area (Å²) < 4.78 is 5.97. The van der Waals surface area contributed by atoms with Crippen molar-refractivity contribution in [3.05, 3.63) is 64.7 Å². The molecule has 0 saturated carbocycles. The fourth-order valence-corrected chi connectivity index (χ4v) is 3.65. The number of carbonyl (C=O) groups is 2. The second kappa shape index (κ2) is 11.4. The summed E-state index contributed by atoms with van der Waals surface area (Å²) in [7, 11) is 0.